The summed E-state index contributed by atoms with van der Waals surface area (Å²) in [5.41, 5.74) is -0.592. The molecule has 0 fully saturated rings. The summed E-state index contributed by atoms with van der Waals surface area (Å²) < 4.78 is 120. The molecule has 63 heavy (non-hydrogen) atoms. The molecule has 0 saturated carbocycles. The number of aromatic carboxylic acids is 1. The molecular weight excluding hydrogens is 926 g/mol. The summed E-state index contributed by atoms with van der Waals surface area (Å²) in [5, 5.41) is 21.7. The highest BCUT2D eigenvalue weighted by atomic mass is 35.5. The van der Waals surface area contributed by atoms with Crippen molar-refractivity contribution in [3.8, 4) is 22.5 Å². The maximum Gasteiger partial charge on any atom is 0.440 e. The third-order valence-electron chi connectivity index (χ3n) is 10.0. The fourth-order valence-corrected chi connectivity index (χ4v) is 9.11. The highest BCUT2D eigenvalue weighted by molar-refractivity contribution is 7.86. The number of hydrogen-bond donors (Lipinski definition) is 8. The zero-order chi connectivity index (χ0) is 46.1. The number of fused-ring (bicyclic) bond motifs is 5. The Morgan fingerprint density at radius 1 is 0.937 bits per heavy atom. The normalized spacial score (nSPS) is 15.4. The van der Waals surface area contributed by atoms with E-state index in [4.69, 9.17) is 38.8 Å². The van der Waals surface area contributed by atoms with Crippen LogP contribution in [0.1, 0.15) is 46.4 Å². The van der Waals surface area contributed by atoms with Gasteiger partial charge in [-0.25, -0.2) is 9.78 Å². The van der Waals surface area contributed by atoms with Crippen molar-refractivity contribution in [3.05, 3.63) is 81.1 Å². The number of nitrogens with zero attached hydrogens (tertiary/aromatic N) is 2. The van der Waals surface area contributed by atoms with E-state index in [0.29, 0.717) is 4.57 Å². The van der Waals surface area contributed by atoms with Crippen LogP contribution < -0.4 is 32.5 Å². The fourth-order valence-electron chi connectivity index (χ4n) is 7.29. The van der Waals surface area contributed by atoms with E-state index < -0.39 is 106 Å². The molecule has 3 aromatic carbocycles. The average molecular weight is 956 g/mol. The number of carboxylic acids is 1. The van der Waals surface area contributed by atoms with Crippen molar-refractivity contribution in [2.75, 3.05) is 17.6 Å². The van der Waals surface area contributed by atoms with Crippen molar-refractivity contribution in [1.82, 2.24) is 20.2 Å². The van der Waals surface area contributed by atoms with Crippen LogP contribution in [0.3, 0.4) is 0 Å². The first-order valence-electron chi connectivity index (χ1n) is 17.9. The van der Waals surface area contributed by atoms with Crippen molar-refractivity contribution >= 4 is 101 Å². The average Bonchev–Trinajstić information content (AvgIpc) is 3.65. The predicted octanol–water partition coefficient (Wildman–Crippen LogP) is 3.57. The smallest absolute Gasteiger partial charge is 0.440 e. The number of carbonyl (C=O) groups is 4. The Morgan fingerprint density at radius 3 is 2.25 bits per heavy atom. The van der Waals surface area contributed by atoms with Gasteiger partial charge in [-0.15, -0.1) is 0 Å². The lowest BCUT2D eigenvalue weighted by Crippen LogP contribution is -2.63. The van der Waals surface area contributed by atoms with Gasteiger partial charge in [-0.2, -0.15) is 30.0 Å². The number of carbonyl (C=O) groups excluding carboxylic acids is 3. The van der Waals surface area contributed by atoms with Crippen molar-refractivity contribution < 1.29 is 73.2 Å². The van der Waals surface area contributed by atoms with E-state index >= 15 is 0 Å². The maximum absolute atomic E-state index is 14.7. The highest BCUT2D eigenvalue weighted by Gasteiger charge is 2.67. The molecule has 0 bridgehead atoms. The van der Waals surface area contributed by atoms with E-state index in [2.05, 4.69) is 10.3 Å². The van der Waals surface area contributed by atoms with Crippen LogP contribution in [-0.4, -0.2) is 77.0 Å². The highest BCUT2D eigenvalue weighted by Crippen LogP contribution is 2.47. The number of benzene rings is 4. The molecule has 0 spiro atoms. The monoisotopic (exact) mass is 954 g/mol. The molecule has 0 saturated heterocycles. The molecule has 26 heteroatoms. The number of amides is 3. The number of halogens is 5. The van der Waals surface area contributed by atoms with Crippen LogP contribution in [0.15, 0.2) is 68.8 Å². The summed E-state index contributed by atoms with van der Waals surface area (Å²) >= 11 is 12.0. The van der Waals surface area contributed by atoms with Gasteiger partial charge in [0.2, 0.25) is 22.1 Å². The number of carboxylic acid groups (broad SMARTS) is 1. The number of aromatic nitrogens is 2. The van der Waals surface area contributed by atoms with E-state index in [0.717, 1.165) is 30.3 Å². The first kappa shape index (κ1) is 44.7. The number of nitrogens with one attached hydrogen (secondary N) is 3. The van der Waals surface area contributed by atoms with Gasteiger partial charge in [-0.3, -0.25) is 38.8 Å². The zero-order valence-corrected chi connectivity index (χ0v) is 34.6. The molecule has 3 aliphatic rings. The minimum absolute atomic E-state index is 0.00352. The van der Waals surface area contributed by atoms with E-state index in [1.165, 1.54) is 24.3 Å². The van der Waals surface area contributed by atoms with Gasteiger partial charge in [0.1, 0.15) is 0 Å². The van der Waals surface area contributed by atoms with Crippen molar-refractivity contribution in [1.29, 1.82) is 0 Å². The number of rotatable bonds is 12. The van der Waals surface area contributed by atoms with Crippen molar-refractivity contribution in [3.63, 3.8) is 0 Å². The van der Waals surface area contributed by atoms with Crippen LogP contribution >= 0.6 is 23.2 Å². The van der Waals surface area contributed by atoms with Crippen LogP contribution in [0, 0.1) is 0 Å². The zero-order valence-electron chi connectivity index (χ0n) is 31.5. The fraction of sp³-hybridized carbons (Fsp3) is 0.189. The Kier molecular flexibility index (Phi) is 11.2. The molecule has 19 nitrogen and oxygen atoms in total. The van der Waals surface area contributed by atoms with Gasteiger partial charge in [-0.05, 0) is 60.9 Å². The summed E-state index contributed by atoms with van der Waals surface area (Å²) in [6.07, 6.45) is -5.43. The van der Waals surface area contributed by atoms with Gasteiger partial charge < -0.3 is 25.9 Å². The lowest BCUT2D eigenvalue weighted by atomic mass is 9.89. The Balaban J connectivity index is 1.09. The Hall–Kier alpha value is -6.31. The molecule has 1 unspecified atom stereocenters. The van der Waals surface area contributed by atoms with Gasteiger partial charge in [0, 0.05) is 41.1 Å². The summed E-state index contributed by atoms with van der Waals surface area (Å²) in [7, 11) is -10.4. The molecule has 1 aliphatic carbocycles. The number of alkyl halides is 3. The van der Waals surface area contributed by atoms with E-state index in [1.54, 1.807) is 0 Å². The quantitative estimate of drug-likeness (QED) is 0.0377. The Morgan fingerprint density at radius 2 is 1.60 bits per heavy atom. The number of imidazole rings is 1. The van der Waals surface area contributed by atoms with Gasteiger partial charge in [0.25, 0.3) is 27.6 Å². The second-order valence-electron chi connectivity index (χ2n) is 14.0. The minimum atomic E-state index is -5.35. The molecule has 330 valence electrons. The second-order valence-corrected chi connectivity index (χ2v) is 17.5. The number of anilines is 2. The molecule has 0 radical (unpaired) electrons. The summed E-state index contributed by atoms with van der Waals surface area (Å²) in [5.74, 6) is -6.35. The van der Waals surface area contributed by atoms with Crippen LogP contribution in [0.25, 0.3) is 44.5 Å². The first-order valence-corrected chi connectivity index (χ1v) is 21.6. The molecule has 4 aromatic rings. The van der Waals surface area contributed by atoms with E-state index in [-0.39, 0.29) is 74.5 Å². The lowest BCUT2D eigenvalue weighted by molar-refractivity contribution is -0.217. The third kappa shape index (κ3) is 7.78. The molecule has 2 aliphatic heterocycles. The van der Waals surface area contributed by atoms with Gasteiger partial charge in [0.05, 0.1) is 32.3 Å². The summed E-state index contributed by atoms with van der Waals surface area (Å²) in [6.45, 7) is -0.0532. The first-order chi connectivity index (χ1) is 29.4. The maximum atomic E-state index is 14.7. The minimum Gasteiger partial charge on any atom is -0.478 e. The molecule has 1 atom stereocenters. The predicted molar refractivity (Wildman–Crippen MR) is 216 cm³/mol. The van der Waals surface area contributed by atoms with Gasteiger partial charge in [0.15, 0.2) is 16.2 Å². The number of unbranched alkanes of at least 4 members (excludes halogenated alkanes) is 2. The Labute approximate surface area is 361 Å². The molecule has 10 N–H and O–H groups in total. The third-order valence-corrected chi connectivity index (χ3v) is 12.6. The second kappa shape index (κ2) is 15.8. The molecule has 3 heterocycles. The lowest BCUT2D eigenvalue weighted by Gasteiger charge is -2.32. The van der Waals surface area contributed by atoms with Crippen LogP contribution in [0.4, 0.5) is 24.8 Å². The van der Waals surface area contributed by atoms with Crippen molar-refractivity contribution in [2.45, 2.75) is 47.3 Å². The molecular formula is C37H29Cl2F3N7O12S2+. The summed E-state index contributed by atoms with van der Waals surface area (Å²) in [6, 6.07) is 10.1. The number of hydrogen-bond acceptors (Lipinski definition) is 11. The molecule has 7 rings (SSSR count). The van der Waals surface area contributed by atoms with Crippen LogP contribution in [-0.2, 0) is 35.5 Å². The SMILES string of the molecule is Nc1ccc2c(-c3ccc(C(=O)NCCCCCC(=O)NC4(C(F)(F)F)C(=O)Nc5nc6cc(Cl)c(Cl)cc6n54)cc3C(=O)O)c3ccc(=[NH2+])c(S(=O)(=O)O)c-3oc2c1S(=O)(=O)O. The largest absolute Gasteiger partial charge is 0.478 e. The molecule has 1 aromatic heterocycles. The van der Waals surface area contributed by atoms with Crippen LogP contribution in [0.2, 0.25) is 10.0 Å². The molecule has 3 amide bonds. The van der Waals surface area contributed by atoms with Crippen molar-refractivity contribution in [2.24, 2.45) is 0 Å². The van der Waals surface area contributed by atoms with Crippen LogP contribution in [0.5, 0.6) is 0 Å². The number of nitrogen functional groups attached to an aromatic ring is 1. The van der Waals surface area contributed by atoms with E-state index in [1.807, 2.05) is 10.6 Å². The standard InChI is InChI=1S/C37H28Cl2F3N7O12S2/c38-20-13-24-25(14-21(20)39)49-35(46-24)47-34(54)36(49,37(40,41)42)48-26(50)4-2-1-3-11-45-32(51)15-5-6-16(19(12-15)33(52)53)27-17-7-9-22(43)30(62(55,56)57)28(17)61-29-18(27)8-10-23(44)31(29)63(58,59)60/h5-10,12-14,43H,1-4,11,44H2,(H,45,51)(H,48,50)(H,52,53)(H,46,47,54)(H,55,56,57)(H,58,59,60)/p+1. The topological polar surface area (TPSA) is 316 Å². The van der Waals surface area contributed by atoms with E-state index in [9.17, 15) is 63.4 Å². The van der Waals surface area contributed by atoms with Gasteiger partial charge >= 0.3 is 22.3 Å². The summed E-state index contributed by atoms with van der Waals surface area (Å²) in [4.78, 5) is 53.7. The van der Waals surface area contributed by atoms with Gasteiger partial charge in [-0.1, -0.05) is 35.7 Å². The Bertz CT molecular complexity index is 3250. The number of nitrogens with two attached hydrogens (primary N) is 2.